The molecule has 4 heteroatoms. The van der Waals surface area contributed by atoms with Gasteiger partial charge in [0.2, 0.25) is 0 Å². The third kappa shape index (κ3) is 4.05. The first-order valence-electron chi connectivity index (χ1n) is 7.00. The highest BCUT2D eigenvalue weighted by Crippen LogP contribution is 2.24. The number of para-hydroxylation sites is 2. The number of ether oxygens (including phenoxy) is 1. The summed E-state index contributed by atoms with van der Waals surface area (Å²) in [5.74, 6) is -0.435. The lowest BCUT2D eigenvalue weighted by Gasteiger charge is -2.12. The number of halogens is 1. The van der Waals surface area contributed by atoms with Gasteiger partial charge in [0.05, 0.1) is 17.9 Å². The van der Waals surface area contributed by atoms with Crippen LogP contribution in [-0.2, 0) is 0 Å². The van der Waals surface area contributed by atoms with Crippen LogP contribution in [0.5, 0.6) is 5.75 Å². The summed E-state index contributed by atoms with van der Waals surface area (Å²) in [5, 5.41) is 2.69. The molecule has 0 unspecified atom stereocenters. The summed E-state index contributed by atoms with van der Waals surface area (Å²) in [6.07, 6.45) is 1.97. The SMILES string of the molecule is CCCCOc1ccccc1NC(=O)c1ccccc1F. The maximum atomic E-state index is 13.6. The molecule has 0 aliphatic heterocycles. The van der Waals surface area contributed by atoms with E-state index in [1.807, 2.05) is 6.07 Å². The van der Waals surface area contributed by atoms with Crippen molar-refractivity contribution in [2.45, 2.75) is 19.8 Å². The summed E-state index contributed by atoms with van der Waals surface area (Å²) >= 11 is 0. The van der Waals surface area contributed by atoms with Crippen LogP contribution in [0.2, 0.25) is 0 Å². The van der Waals surface area contributed by atoms with Crippen molar-refractivity contribution in [3.05, 3.63) is 59.9 Å². The van der Waals surface area contributed by atoms with Gasteiger partial charge in [0.25, 0.3) is 5.91 Å². The van der Waals surface area contributed by atoms with E-state index < -0.39 is 11.7 Å². The number of carbonyl (C=O) groups is 1. The van der Waals surface area contributed by atoms with Crippen LogP contribution in [0.1, 0.15) is 30.1 Å². The van der Waals surface area contributed by atoms with Crippen molar-refractivity contribution >= 4 is 11.6 Å². The van der Waals surface area contributed by atoms with Gasteiger partial charge in [-0.15, -0.1) is 0 Å². The number of nitrogens with one attached hydrogen (secondary N) is 1. The van der Waals surface area contributed by atoms with E-state index in [2.05, 4.69) is 12.2 Å². The minimum Gasteiger partial charge on any atom is -0.491 e. The minimum atomic E-state index is -0.542. The van der Waals surface area contributed by atoms with E-state index in [1.165, 1.54) is 12.1 Å². The molecule has 0 bridgehead atoms. The highest BCUT2D eigenvalue weighted by atomic mass is 19.1. The van der Waals surface area contributed by atoms with Gasteiger partial charge in [-0.3, -0.25) is 4.79 Å². The van der Waals surface area contributed by atoms with Crippen molar-refractivity contribution in [1.29, 1.82) is 0 Å². The lowest BCUT2D eigenvalue weighted by Crippen LogP contribution is -2.14. The molecule has 110 valence electrons. The normalized spacial score (nSPS) is 10.2. The molecule has 0 fully saturated rings. The fourth-order valence-corrected chi connectivity index (χ4v) is 1.86. The minimum absolute atomic E-state index is 0.0147. The van der Waals surface area contributed by atoms with E-state index in [-0.39, 0.29) is 5.56 Å². The van der Waals surface area contributed by atoms with Crippen LogP contribution in [0, 0.1) is 5.82 Å². The van der Waals surface area contributed by atoms with Gasteiger partial charge < -0.3 is 10.1 Å². The average Bonchev–Trinajstić information content (AvgIpc) is 2.49. The molecule has 0 atom stereocenters. The standard InChI is InChI=1S/C17H18FNO2/c1-2-3-12-21-16-11-7-6-10-15(16)19-17(20)13-8-4-5-9-14(13)18/h4-11H,2-3,12H2,1H3,(H,19,20). The Morgan fingerprint density at radius 1 is 1.14 bits per heavy atom. The molecule has 1 N–H and O–H groups in total. The second-order valence-corrected chi connectivity index (χ2v) is 4.63. The molecule has 0 heterocycles. The van der Waals surface area contributed by atoms with E-state index in [4.69, 9.17) is 4.74 Å². The quantitative estimate of drug-likeness (QED) is 0.806. The van der Waals surface area contributed by atoms with Crippen molar-refractivity contribution in [2.24, 2.45) is 0 Å². The molecule has 2 rings (SSSR count). The molecule has 0 aliphatic carbocycles. The molecule has 3 nitrogen and oxygen atoms in total. The second-order valence-electron chi connectivity index (χ2n) is 4.63. The van der Waals surface area contributed by atoms with Crippen LogP contribution in [0.25, 0.3) is 0 Å². The molecule has 0 radical (unpaired) electrons. The Hall–Kier alpha value is -2.36. The van der Waals surface area contributed by atoms with E-state index >= 15 is 0 Å². The maximum absolute atomic E-state index is 13.6. The van der Waals surface area contributed by atoms with E-state index in [1.54, 1.807) is 30.3 Å². The Morgan fingerprint density at radius 3 is 2.62 bits per heavy atom. The number of rotatable bonds is 6. The maximum Gasteiger partial charge on any atom is 0.258 e. The summed E-state index contributed by atoms with van der Waals surface area (Å²) in [6.45, 7) is 2.66. The first-order chi connectivity index (χ1) is 10.2. The van der Waals surface area contributed by atoms with Gasteiger partial charge in [0.1, 0.15) is 11.6 Å². The number of anilines is 1. The highest BCUT2D eigenvalue weighted by Gasteiger charge is 2.13. The molecule has 2 aromatic carbocycles. The van der Waals surface area contributed by atoms with Crippen molar-refractivity contribution in [3.8, 4) is 5.75 Å². The number of amides is 1. The van der Waals surface area contributed by atoms with Gasteiger partial charge in [0, 0.05) is 0 Å². The van der Waals surface area contributed by atoms with Gasteiger partial charge in [-0.25, -0.2) is 4.39 Å². The largest absolute Gasteiger partial charge is 0.491 e. The first-order valence-corrected chi connectivity index (χ1v) is 7.00. The van der Waals surface area contributed by atoms with Gasteiger partial charge in [-0.05, 0) is 30.7 Å². The number of hydrogen-bond acceptors (Lipinski definition) is 2. The van der Waals surface area contributed by atoms with Crippen LogP contribution >= 0.6 is 0 Å². The van der Waals surface area contributed by atoms with Gasteiger partial charge in [-0.1, -0.05) is 37.6 Å². The smallest absolute Gasteiger partial charge is 0.258 e. The second kappa shape index (κ2) is 7.43. The zero-order valence-electron chi connectivity index (χ0n) is 11.9. The molecule has 1 amide bonds. The molecule has 2 aromatic rings. The van der Waals surface area contributed by atoms with Crippen LogP contribution in [-0.4, -0.2) is 12.5 Å². The van der Waals surface area contributed by atoms with Crippen LogP contribution in [0.4, 0.5) is 10.1 Å². The van der Waals surface area contributed by atoms with Crippen molar-refractivity contribution in [2.75, 3.05) is 11.9 Å². The zero-order chi connectivity index (χ0) is 15.1. The first kappa shape index (κ1) is 15.0. The van der Waals surface area contributed by atoms with Gasteiger partial charge in [0.15, 0.2) is 0 Å². The molecule has 0 aromatic heterocycles. The van der Waals surface area contributed by atoms with E-state index in [0.717, 1.165) is 12.8 Å². The fraction of sp³-hybridized carbons (Fsp3) is 0.235. The van der Waals surface area contributed by atoms with Gasteiger partial charge in [-0.2, -0.15) is 0 Å². The third-order valence-electron chi connectivity index (χ3n) is 3.01. The predicted molar refractivity (Wildman–Crippen MR) is 81.2 cm³/mol. The molecular formula is C17H18FNO2. The van der Waals surface area contributed by atoms with Crippen LogP contribution < -0.4 is 10.1 Å². The number of benzene rings is 2. The molecule has 21 heavy (non-hydrogen) atoms. The van der Waals surface area contributed by atoms with Crippen molar-refractivity contribution in [1.82, 2.24) is 0 Å². The lowest BCUT2D eigenvalue weighted by atomic mass is 10.2. The van der Waals surface area contributed by atoms with Crippen LogP contribution in [0.3, 0.4) is 0 Å². The van der Waals surface area contributed by atoms with E-state index in [9.17, 15) is 9.18 Å². The Morgan fingerprint density at radius 2 is 1.86 bits per heavy atom. The molecule has 0 aliphatic rings. The number of carbonyl (C=O) groups excluding carboxylic acids is 1. The summed E-state index contributed by atoms with van der Waals surface area (Å²) in [7, 11) is 0. The van der Waals surface area contributed by atoms with Crippen molar-refractivity contribution in [3.63, 3.8) is 0 Å². The zero-order valence-corrected chi connectivity index (χ0v) is 11.9. The third-order valence-corrected chi connectivity index (χ3v) is 3.01. The van der Waals surface area contributed by atoms with Gasteiger partial charge >= 0.3 is 0 Å². The lowest BCUT2D eigenvalue weighted by molar-refractivity contribution is 0.102. The average molecular weight is 287 g/mol. The Balaban J connectivity index is 2.12. The monoisotopic (exact) mass is 287 g/mol. The summed E-state index contributed by atoms with van der Waals surface area (Å²) in [4.78, 5) is 12.1. The number of unbranched alkanes of at least 4 members (excludes halogenated alkanes) is 1. The Bertz CT molecular complexity index is 613. The Kier molecular flexibility index (Phi) is 5.32. The summed E-state index contributed by atoms with van der Waals surface area (Å²) in [5.41, 5.74) is 0.558. The number of hydrogen-bond donors (Lipinski definition) is 1. The fourth-order valence-electron chi connectivity index (χ4n) is 1.86. The molecule has 0 saturated heterocycles. The molecule has 0 spiro atoms. The predicted octanol–water partition coefficient (Wildman–Crippen LogP) is 4.26. The topological polar surface area (TPSA) is 38.3 Å². The Labute approximate surface area is 123 Å². The molecule has 0 saturated carbocycles. The highest BCUT2D eigenvalue weighted by molar-refractivity contribution is 6.05. The summed E-state index contributed by atoms with van der Waals surface area (Å²) < 4.78 is 19.2. The van der Waals surface area contributed by atoms with Crippen LogP contribution in [0.15, 0.2) is 48.5 Å². The summed E-state index contributed by atoms with van der Waals surface area (Å²) in [6, 6.07) is 13.0. The molecular weight excluding hydrogens is 269 g/mol. The van der Waals surface area contributed by atoms with Crippen molar-refractivity contribution < 1.29 is 13.9 Å². The van der Waals surface area contributed by atoms with E-state index in [0.29, 0.717) is 18.0 Å².